The van der Waals surface area contributed by atoms with Crippen molar-refractivity contribution in [3.05, 3.63) is 76.9 Å². The Bertz CT molecular complexity index is 699. The maximum absolute atomic E-state index is 10.9. The fourth-order valence-electron chi connectivity index (χ4n) is 2.46. The predicted molar refractivity (Wildman–Crippen MR) is 94.8 cm³/mol. The van der Waals surface area contributed by atoms with E-state index in [0.29, 0.717) is 6.61 Å². The fourth-order valence-corrected chi connectivity index (χ4v) is 2.46. The number of ether oxygens (including phenoxy) is 1. The summed E-state index contributed by atoms with van der Waals surface area (Å²) in [5.41, 5.74) is 4.98. The third kappa shape index (κ3) is 5.41. The van der Waals surface area contributed by atoms with Gasteiger partial charge in [-0.15, -0.1) is 0 Å². The first-order chi connectivity index (χ1) is 11.1. The Hall–Kier alpha value is -2.35. The van der Waals surface area contributed by atoms with Gasteiger partial charge < -0.3 is 4.74 Å². The summed E-state index contributed by atoms with van der Waals surface area (Å²) in [6.07, 6.45) is 5.39. The summed E-state index contributed by atoms with van der Waals surface area (Å²) in [4.78, 5) is 10.9. The van der Waals surface area contributed by atoms with Crippen LogP contribution in [0.4, 0.5) is 0 Å². The highest BCUT2D eigenvalue weighted by Gasteiger charge is 2.02. The normalized spacial score (nSPS) is 10.9. The van der Waals surface area contributed by atoms with E-state index < -0.39 is 0 Å². The van der Waals surface area contributed by atoms with Crippen LogP contribution in [0.15, 0.2) is 54.6 Å². The third-order valence-electron chi connectivity index (χ3n) is 3.90. The van der Waals surface area contributed by atoms with Crippen molar-refractivity contribution in [2.45, 2.75) is 40.2 Å². The first-order valence-corrected chi connectivity index (χ1v) is 8.00. The molecule has 0 heterocycles. The molecule has 23 heavy (non-hydrogen) atoms. The number of ketones is 1. The predicted octanol–water partition coefficient (Wildman–Crippen LogP) is 4.96. The van der Waals surface area contributed by atoms with Crippen molar-refractivity contribution in [2.24, 2.45) is 0 Å². The second-order valence-electron chi connectivity index (χ2n) is 5.86. The molecule has 2 rings (SSSR count). The minimum atomic E-state index is 0.0988. The average molecular weight is 308 g/mol. The number of rotatable bonds is 7. The number of hydrogen-bond donors (Lipinski definition) is 0. The number of hydrogen-bond acceptors (Lipinski definition) is 2. The molecule has 0 N–H and O–H groups in total. The zero-order valence-corrected chi connectivity index (χ0v) is 14.1. The van der Waals surface area contributed by atoms with Crippen molar-refractivity contribution in [2.75, 3.05) is 0 Å². The molecule has 0 aliphatic heterocycles. The van der Waals surface area contributed by atoms with Gasteiger partial charge in [-0.1, -0.05) is 36.4 Å². The molecule has 0 aliphatic rings. The monoisotopic (exact) mass is 308 g/mol. The minimum Gasteiger partial charge on any atom is -0.489 e. The summed E-state index contributed by atoms with van der Waals surface area (Å²) in [5.74, 6) is 0.996. The van der Waals surface area contributed by atoms with Crippen LogP contribution in [-0.2, 0) is 17.8 Å². The molecule has 0 fully saturated rings. The molecule has 0 saturated heterocycles. The molecule has 2 aromatic carbocycles. The molecule has 0 amide bonds. The van der Waals surface area contributed by atoms with Gasteiger partial charge in [0.1, 0.15) is 12.4 Å². The van der Waals surface area contributed by atoms with Crippen molar-refractivity contribution in [1.82, 2.24) is 0 Å². The lowest BCUT2D eigenvalue weighted by Gasteiger charge is -2.11. The van der Waals surface area contributed by atoms with Gasteiger partial charge in [0.15, 0.2) is 5.78 Å². The molecular weight excluding hydrogens is 284 g/mol. The second kappa shape index (κ2) is 8.33. The molecule has 2 aromatic rings. The van der Waals surface area contributed by atoms with Gasteiger partial charge in [-0.2, -0.15) is 0 Å². The van der Waals surface area contributed by atoms with E-state index in [0.717, 1.165) is 18.6 Å². The van der Waals surface area contributed by atoms with Crippen LogP contribution in [0.2, 0.25) is 0 Å². The van der Waals surface area contributed by atoms with Gasteiger partial charge >= 0.3 is 0 Å². The second-order valence-corrected chi connectivity index (χ2v) is 5.86. The molecule has 0 saturated carbocycles. The van der Waals surface area contributed by atoms with Gasteiger partial charge in [-0.3, -0.25) is 4.79 Å². The first kappa shape index (κ1) is 17.0. The topological polar surface area (TPSA) is 26.3 Å². The minimum absolute atomic E-state index is 0.0988. The fraction of sp³-hybridized carbons (Fsp3) is 0.286. The van der Waals surface area contributed by atoms with Crippen LogP contribution >= 0.6 is 0 Å². The van der Waals surface area contributed by atoms with E-state index in [1.54, 1.807) is 13.0 Å². The van der Waals surface area contributed by atoms with Gasteiger partial charge in [0.2, 0.25) is 0 Å². The summed E-state index contributed by atoms with van der Waals surface area (Å²) >= 11 is 0. The summed E-state index contributed by atoms with van der Waals surface area (Å²) in [5, 5.41) is 0. The van der Waals surface area contributed by atoms with Crippen LogP contribution in [0.3, 0.4) is 0 Å². The Morgan fingerprint density at radius 2 is 1.83 bits per heavy atom. The largest absolute Gasteiger partial charge is 0.489 e. The van der Waals surface area contributed by atoms with E-state index >= 15 is 0 Å². The molecule has 2 heteroatoms. The summed E-state index contributed by atoms with van der Waals surface area (Å²) in [6, 6.07) is 14.5. The lowest BCUT2D eigenvalue weighted by atomic mass is 10.0. The van der Waals surface area contributed by atoms with E-state index in [9.17, 15) is 4.79 Å². The molecule has 0 aromatic heterocycles. The van der Waals surface area contributed by atoms with Crippen molar-refractivity contribution in [3.8, 4) is 5.75 Å². The highest BCUT2D eigenvalue weighted by molar-refractivity contribution is 5.87. The van der Waals surface area contributed by atoms with Crippen molar-refractivity contribution in [3.63, 3.8) is 0 Å². The molecule has 2 nitrogen and oxygen atoms in total. The number of aryl methyl sites for hydroxylation is 3. The maximum Gasteiger partial charge on any atom is 0.152 e. The van der Waals surface area contributed by atoms with Crippen LogP contribution in [0, 0.1) is 13.8 Å². The Balaban J connectivity index is 1.94. The van der Waals surface area contributed by atoms with E-state index in [2.05, 4.69) is 38.1 Å². The van der Waals surface area contributed by atoms with E-state index in [4.69, 9.17) is 4.74 Å². The quantitative estimate of drug-likeness (QED) is 0.676. The zero-order valence-electron chi connectivity index (χ0n) is 14.1. The molecular formula is C21H24O2. The van der Waals surface area contributed by atoms with E-state index in [-0.39, 0.29) is 5.78 Å². The molecule has 0 bridgehead atoms. The third-order valence-corrected chi connectivity index (χ3v) is 3.90. The molecule has 0 unspecified atom stereocenters. The van der Waals surface area contributed by atoms with Crippen LogP contribution in [0.1, 0.15) is 35.6 Å². The van der Waals surface area contributed by atoms with Gasteiger partial charge in [0.25, 0.3) is 0 Å². The Labute approximate surface area is 138 Å². The van der Waals surface area contributed by atoms with Gasteiger partial charge in [0.05, 0.1) is 0 Å². The molecule has 0 radical (unpaired) electrons. The van der Waals surface area contributed by atoms with E-state index in [1.165, 1.54) is 22.3 Å². The Morgan fingerprint density at radius 3 is 2.52 bits per heavy atom. The number of benzene rings is 2. The highest BCUT2D eigenvalue weighted by atomic mass is 16.5. The number of carbonyl (C=O) groups excluding carboxylic acids is 1. The molecule has 0 aliphatic carbocycles. The van der Waals surface area contributed by atoms with Crippen LogP contribution in [-0.4, -0.2) is 5.78 Å². The van der Waals surface area contributed by atoms with Gasteiger partial charge in [-0.05, 0) is 74.1 Å². The first-order valence-electron chi connectivity index (χ1n) is 8.00. The highest BCUT2D eigenvalue weighted by Crippen LogP contribution is 2.20. The molecule has 120 valence electrons. The van der Waals surface area contributed by atoms with Crippen molar-refractivity contribution in [1.29, 1.82) is 0 Å². The number of allylic oxidation sites excluding steroid dienone is 2. The summed E-state index contributed by atoms with van der Waals surface area (Å²) in [6.45, 7) is 6.36. The van der Waals surface area contributed by atoms with Gasteiger partial charge in [-0.25, -0.2) is 0 Å². The molecule has 0 spiro atoms. The van der Waals surface area contributed by atoms with Crippen LogP contribution in [0.5, 0.6) is 5.75 Å². The zero-order chi connectivity index (χ0) is 16.7. The maximum atomic E-state index is 10.9. The summed E-state index contributed by atoms with van der Waals surface area (Å²) < 4.78 is 5.91. The lowest BCUT2D eigenvalue weighted by Crippen LogP contribution is -1.98. The molecule has 0 atom stereocenters. The number of carbonyl (C=O) groups is 1. The average Bonchev–Trinajstić information content (AvgIpc) is 2.52. The van der Waals surface area contributed by atoms with Crippen molar-refractivity contribution < 1.29 is 9.53 Å². The standard InChI is InChI=1S/C21H24O2/c1-16-8-4-6-11-20(16)15-23-21-13-12-19(17(2)14-21)10-7-5-9-18(3)22/h4-6,8-9,11-14H,7,10,15H2,1-3H3. The Morgan fingerprint density at radius 1 is 1.04 bits per heavy atom. The van der Waals surface area contributed by atoms with Crippen LogP contribution in [0.25, 0.3) is 0 Å². The van der Waals surface area contributed by atoms with Crippen LogP contribution < -0.4 is 4.74 Å². The van der Waals surface area contributed by atoms with E-state index in [1.807, 2.05) is 24.3 Å². The van der Waals surface area contributed by atoms with Gasteiger partial charge in [0, 0.05) is 0 Å². The summed E-state index contributed by atoms with van der Waals surface area (Å²) in [7, 11) is 0. The smallest absolute Gasteiger partial charge is 0.152 e. The SMILES string of the molecule is CC(=O)C=CCCc1ccc(OCc2ccccc2C)cc1C. The lowest BCUT2D eigenvalue weighted by molar-refractivity contribution is -0.112. The Kier molecular flexibility index (Phi) is 6.16. The van der Waals surface area contributed by atoms with Crippen molar-refractivity contribution >= 4 is 5.78 Å².